The Bertz CT molecular complexity index is 792. The molecular weight excluding hydrogens is 322 g/mol. The van der Waals surface area contributed by atoms with Crippen molar-refractivity contribution in [1.29, 1.82) is 0 Å². The highest BCUT2D eigenvalue weighted by atomic mass is 32.2. The standard InChI is InChI=1S/C18H25N3O2S/c1-6-15(5)20-17-8-7-16(11-19-17)21-24(22,23)18-13(3)9-12(2)10-14(18)4/h7-11,15,21H,6H2,1-5H3,(H,19,20). The van der Waals surface area contributed by atoms with E-state index >= 15 is 0 Å². The lowest BCUT2D eigenvalue weighted by molar-refractivity contribution is 0.600. The number of hydrogen-bond donors (Lipinski definition) is 2. The molecule has 2 N–H and O–H groups in total. The van der Waals surface area contributed by atoms with Crippen LogP contribution in [0.3, 0.4) is 0 Å². The summed E-state index contributed by atoms with van der Waals surface area (Å²) in [5, 5.41) is 3.25. The minimum atomic E-state index is -3.64. The number of benzene rings is 1. The van der Waals surface area contributed by atoms with Crippen molar-refractivity contribution in [3.8, 4) is 0 Å². The van der Waals surface area contributed by atoms with E-state index < -0.39 is 10.0 Å². The van der Waals surface area contributed by atoms with Crippen LogP contribution in [0.5, 0.6) is 0 Å². The Balaban J connectivity index is 2.24. The van der Waals surface area contributed by atoms with Crippen LogP contribution >= 0.6 is 0 Å². The Hall–Kier alpha value is -2.08. The average molecular weight is 347 g/mol. The Morgan fingerprint density at radius 1 is 1.12 bits per heavy atom. The zero-order chi connectivity index (χ0) is 17.9. The highest BCUT2D eigenvalue weighted by Crippen LogP contribution is 2.24. The first-order valence-electron chi connectivity index (χ1n) is 8.06. The van der Waals surface area contributed by atoms with E-state index in [1.54, 1.807) is 12.1 Å². The summed E-state index contributed by atoms with van der Waals surface area (Å²) in [5.74, 6) is 0.731. The first kappa shape index (κ1) is 18.3. The van der Waals surface area contributed by atoms with Crippen LogP contribution in [0.4, 0.5) is 11.5 Å². The lowest BCUT2D eigenvalue weighted by Gasteiger charge is -2.15. The number of sulfonamides is 1. The molecule has 24 heavy (non-hydrogen) atoms. The molecule has 0 spiro atoms. The molecule has 0 aliphatic carbocycles. The highest BCUT2D eigenvalue weighted by molar-refractivity contribution is 7.92. The zero-order valence-electron chi connectivity index (χ0n) is 14.8. The molecule has 0 fully saturated rings. The number of rotatable bonds is 6. The van der Waals surface area contributed by atoms with E-state index in [-0.39, 0.29) is 0 Å². The van der Waals surface area contributed by atoms with Gasteiger partial charge in [0.25, 0.3) is 10.0 Å². The zero-order valence-corrected chi connectivity index (χ0v) is 15.7. The van der Waals surface area contributed by atoms with Gasteiger partial charge >= 0.3 is 0 Å². The van der Waals surface area contributed by atoms with Gasteiger partial charge in [-0.3, -0.25) is 4.72 Å². The van der Waals surface area contributed by atoms with E-state index in [1.807, 2.05) is 32.9 Å². The van der Waals surface area contributed by atoms with Gasteiger partial charge in [-0.25, -0.2) is 13.4 Å². The highest BCUT2D eigenvalue weighted by Gasteiger charge is 2.20. The van der Waals surface area contributed by atoms with E-state index in [9.17, 15) is 8.42 Å². The van der Waals surface area contributed by atoms with E-state index in [1.165, 1.54) is 6.20 Å². The summed E-state index contributed by atoms with van der Waals surface area (Å²) in [5.41, 5.74) is 2.97. The van der Waals surface area contributed by atoms with Crippen LogP contribution in [0.25, 0.3) is 0 Å². The number of hydrogen-bond acceptors (Lipinski definition) is 4. The van der Waals surface area contributed by atoms with Crippen molar-refractivity contribution in [2.45, 2.75) is 52.0 Å². The van der Waals surface area contributed by atoms with E-state index in [0.717, 1.165) is 28.9 Å². The van der Waals surface area contributed by atoms with Crippen LogP contribution in [0.2, 0.25) is 0 Å². The Labute approximate surface area is 144 Å². The number of anilines is 2. The van der Waals surface area contributed by atoms with Crippen molar-refractivity contribution < 1.29 is 8.42 Å². The first-order valence-corrected chi connectivity index (χ1v) is 9.54. The topological polar surface area (TPSA) is 71.1 Å². The first-order chi connectivity index (χ1) is 11.2. The molecule has 0 radical (unpaired) electrons. The van der Waals surface area contributed by atoms with Crippen molar-refractivity contribution in [3.63, 3.8) is 0 Å². The number of nitrogens with zero attached hydrogens (tertiary/aromatic N) is 1. The normalized spacial score (nSPS) is 12.7. The molecule has 1 heterocycles. The lowest BCUT2D eigenvalue weighted by atomic mass is 10.1. The third-order valence-electron chi connectivity index (χ3n) is 3.90. The van der Waals surface area contributed by atoms with Crippen molar-refractivity contribution in [2.24, 2.45) is 0 Å². The predicted molar refractivity (Wildman–Crippen MR) is 99.1 cm³/mol. The quantitative estimate of drug-likeness (QED) is 0.828. The van der Waals surface area contributed by atoms with Gasteiger partial charge in [-0.1, -0.05) is 24.6 Å². The van der Waals surface area contributed by atoms with E-state index in [0.29, 0.717) is 16.6 Å². The van der Waals surface area contributed by atoms with Gasteiger partial charge in [-0.2, -0.15) is 0 Å². The fraction of sp³-hybridized carbons (Fsp3) is 0.389. The monoisotopic (exact) mass is 347 g/mol. The molecule has 0 saturated carbocycles. The van der Waals surface area contributed by atoms with Crippen molar-refractivity contribution in [1.82, 2.24) is 4.98 Å². The molecule has 0 aliphatic heterocycles. The summed E-state index contributed by atoms with van der Waals surface area (Å²) in [4.78, 5) is 4.59. The van der Waals surface area contributed by atoms with E-state index in [4.69, 9.17) is 0 Å². The molecule has 1 unspecified atom stereocenters. The van der Waals surface area contributed by atoms with Crippen LogP contribution in [-0.4, -0.2) is 19.4 Å². The van der Waals surface area contributed by atoms with Gasteiger partial charge in [0, 0.05) is 6.04 Å². The average Bonchev–Trinajstić information content (AvgIpc) is 2.47. The Morgan fingerprint density at radius 3 is 2.25 bits per heavy atom. The second kappa shape index (κ2) is 7.21. The summed E-state index contributed by atoms with van der Waals surface area (Å²) in [6, 6.07) is 7.56. The van der Waals surface area contributed by atoms with Crippen LogP contribution in [0.15, 0.2) is 35.4 Å². The van der Waals surface area contributed by atoms with Gasteiger partial charge in [0.2, 0.25) is 0 Å². The second-order valence-corrected chi connectivity index (χ2v) is 7.84. The molecule has 6 heteroatoms. The summed E-state index contributed by atoms with van der Waals surface area (Å²) in [7, 11) is -3.64. The molecule has 0 aliphatic rings. The van der Waals surface area contributed by atoms with Gasteiger partial charge in [0.1, 0.15) is 5.82 Å². The van der Waals surface area contributed by atoms with Crippen LogP contribution in [0.1, 0.15) is 37.0 Å². The molecule has 5 nitrogen and oxygen atoms in total. The summed E-state index contributed by atoms with van der Waals surface area (Å²) >= 11 is 0. The molecule has 1 atom stereocenters. The molecule has 1 aromatic heterocycles. The van der Waals surface area contributed by atoms with Gasteiger partial charge in [0.15, 0.2) is 0 Å². The van der Waals surface area contributed by atoms with Crippen molar-refractivity contribution in [3.05, 3.63) is 47.2 Å². The molecule has 0 bridgehead atoms. The van der Waals surface area contributed by atoms with Gasteiger partial charge in [-0.05, 0) is 57.4 Å². The molecule has 130 valence electrons. The molecule has 0 saturated heterocycles. The number of nitrogens with one attached hydrogen (secondary N) is 2. The van der Waals surface area contributed by atoms with E-state index in [2.05, 4.69) is 28.9 Å². The molecule has 2 aromatic rings. The minimum Gasteiger partial charge on any atom is -0.368 e. The van der Waals surface area contributed by atoms with Crippen LogP contribution in [0, 0.1) is 20.8 Å². The fourth-order valence-corrected chi connectivity index (χ4v) is 4.19. The summed E-state index contributed by atoms with van der Waals surface area (Å²) in [6.07, 6.45) is 2.52. The fourth-order valence-electron chi connectivity index (χ4n) is 2.69. The van der Waals surface area contributed by atoms with Gasteiger partial charge in [0.05, 0.1) is 16.8 Å². The van der Waals surface area contributed by atoms with Crippen LogP contribution in [-0.2, 0) is 10.0 Å². The smallest absolute Gasteiger partial charge is 0.262 e. The molecule has 2 rings (SSSR count). The Kier molecular flexibility index (Phi) is 5.49. The minimum absolute atomic E-state index is 0.317. The third kappa shape index (κ3) is 4.26. The molecule has 0 amide bonds. The summed E-state index contributed by atoms with van der Waals surface area (Å²) < 4.78 is 28.0. The lowest BCUT2D eigenvalue weighted by Crippen LogP contribution is -2.17. The third-order valence-corrected chi connectivity index (χ3v) is 5.58. The van der Waals surface area contributed by atoms with Gasteiger partial charge < -0.3 is 5.32 Å². The molecular formula is C18H25N3O2S. The second-order valence-electron chi connectivity index (χ2n) is 6.22. The molecule has 1 aromatic carbocycles. The maximum absolute atomic E-state index is 12.7. The van der Waals surface area contributed by atoms with Crippen molar-refractivity contribution in [2.75, 3.05) is 10.0 Å². The van der Waals surface area contributed by atoms with Gasteiger partial charge in [-0.15, -0.1) is 0 Å². The number of aromatic nitrogens is 1. The Morgan fingerprint density at radius 2 is 1.75 bits per heavy atom. The largest absolute Gasteiger partial charge is 0.368 e. The van der Waals surface area contributed by atoms with Crippen molar-refractivity contribution >= 4 is 21.5 Å². The maximum Gasteiger partial charge on any atom is 0.262 e. The van der Waals surface area contributed by atoms with Crippen LogP contribution < -0.4 is 10.0 Å². The number of aryl methyl sites for hydroxylation is 3. The number of pyridine rings is 1. The maximum atomic E-state index is 12.7. The predicted octanol–water partition coefficient (Wildman–Crippen LogP) is 4.02. The summed E-state index contributed by atoms with van der Waals surface area (Å²) in [6.45, 7) is 9.74. The SMILES string of the molecule is CCC(C)Nc1ccc(NS(=O)(=O)c2c(C)cc(C)cc2C)cn1.